The summed E-state index contributed by atoms with van der Waals surface area (Å²) in [4.78, 5) is 11.5. The summed E-state index contributed by atoms with van der Waals surface area (Å²) >= 11 is 0. The van der Waals surface area contributed by atoms with Crippen molar-refractivity contribution in [2.24, 2.45) is 0 Å². The van der Waals surface area contributed by atoms with Crippen LogP contribution >= 0.6 is 0 Å². The minimum absolute atomic E-state index is 0.123. The Morgan fingerprint density at radius 1 is 1.29 bits per heavy atom. The number of rotatable bonds is 5. The van der Waals surface area contributed by atoms with Crippen LogP contribution in [0.25, 0.3) is 0 Å². The van der Waals surface area contributed by atoms with Crippen molar-refractivity contribution in [2.75, 3.05) is 11.9 Å². The van der Waals surface area contributed by atoms with E-state index in [0.29, 0.717) is 0 Å². The molecular weight excluding hydrogens is 212 g/mol. The van der Waals surface area contributed by atoms with Crippen molar-refractivity contribution in [3.8, 4) is 0 Å². The molecule has 0 saturated carbocycles. The van der Waals surface area contributed by atoms with Gasteiger partial charge in [0.05, 0.1) is 0 Å². The second-order valence-electron chi connectivity index (χ2n) is 4.23. The molecule has 0 aliphatic rings. The van der Waals surface area contributed by atoms with E-state index in [1.54, 1.807) is 0 Å². The van der Waals surface area contributed by atoms with Gasteiger partial charge in [-0.15, -0.1) is 0 Å². The van der Waals surface area contributed by atoms with E-state index in [-0.39, 0.29) is 6.03 Å². The maximum Gasteiger partial charge on any atom is 0.319 e. The van der Waals surface area contributed by atoms with Gasteiger partial charge in [-0.3, -0.25) is 0 Å². The zero-order chi connectivity index (χ0) is 12.7. The Morgan fingerprint density at radius 2 is 2.06 bits per heavy atom. The topological polar surface area (TPSA) is 41.1 Å². The second kappa shape index (κ2) is 6.94. The van der Waals surface area contributed by atoms with Crippen molar-refractivity contribution < 1.29 is 4.79 Å². The number of aryl methyl sites for hydroxylation is 2. The van der Waals surface area contributed by atoms with Gasteiger partial charge in [0.1, 0.15) is 0 Å². The number of urea groups is 1. The van der Waals surface area contributed by atoms with E-state index in [1.165, 1.54) is 11.1 Å². The van der Waals surface area contributed by atoms with Crippen LogP contribution < -0.4 is 10.6 Å². The fraction of sp³-hybridized carbons (Fsp3) is 0.500. The molecule has 0 aromatic heterocycles. The van der Waals surface area contributed by atoms with E-state index < -0.39 is 0 Å². The van der Waals surface area contributed by atoms with Crippen LogP contribution in [0.4, 0.5) is 10.5 Å². The van der Waals surface area contributed by atoms with Crippen molar-refractivity contribution in [1.82, 2.24) is 5.32 Å². The maximum atomic E-state index is 11.5. The number of amides is 2. The average Bonchev–Trinajstić information content (AvgIpc) is 2.29. The maximum absolute atomic E-state index is 11.5. The number of carbonyl (C=O) groups is 1. The number of carbonyl (C=O) groups excluding carboxylic acids is 1. The fourth-order valence-electron chi connectivity index (χ4n) is 1.72. The summed E-state index contributed by atoms with van der Waals surface area (Å²) in [6.45, 7) is 7.03. The van der Waals surface area contributed by atoms with Gasteiger partial charge in [0.25, 0.3) is 0 Å². The van der Waals surface area contributed by atoms with Crippen LogP contribution in [0.3, 0.4) is 0 Å². The zero-order valence-electron chi connectivity index (χ0n) is 11.0. The van der Waals surface area contributed by atoms with Crippen LogP contribution in [0.2, 0.25) is 0 Å². The minimum atomic E-state index is -0.123. The smallest absolute Gasteiger partial charge is 0.319 e. The second-order valence-corrected chi connectivity index (χ2v) is 4.23. The summed E-state index contributed by atoms with van der Waals surface area (Å²) in [5, 5.41) is 5.67. The molecule has 0 atom stereocenters. The van der Waals surface area contributed by atoms with Crippen LogP contribution in [0.15, 0.2) is 18.2 Å². The summed E-state index contributed by atoms with van der Waals surface area (Å²) in [6, 6.07) is 5.91. The molecule has 0 radical (unpaired) electrons. The number of anilines is 1. The number of hydrogen-bond acceptors (Lipinski definition) is 1. The molecule has 17 heavy (non-hydrogen) atoms. The zero-order valence-corrected chi connectivity index (χ0v) is 11.0. The lowest BCUT2D eigenvalue weighted by atomic mass is 10.1. The summed E-state index contributed by atoms with van der Waals surface area (Å²) < 4.78 is 0. The Balaban J connectivity index is 2.51. The number of hydrogen-bond donors (Lipinski definition) is 2. The molecule has 0 heterocycles. The third-order valence-corrected chi connectivity index (χ3v) is 2.80. The van der Waals surface area contributed by atoms with Gasteiger partial charge in [0.2, 0.25) is 0 Å². The van der Waals surface area contributed by atoms with E-state index in [2.05, 4.69) is 37.5 Å². The molecule has 1 aromatic rings. The summed E-state index contributed by atoms with van der Waals surface area (Å²) in [5.41, 5.74) is 3.40. The van der Waals surface area contributed by atoms with Crippen molar-refractivity contribution in [3.05, 3.63) is 29.3 Å². The molecular formula is C14H22N2O. The van der Waals surface area contributed by atoms with E-state index in [0.717, 1.165) is 31.5 Å². The molecule has 0 aliphatic heterocycles. The van der Waals surface area contributed by atoms with E-state index in [4.69, 9.17) is 0 Å². The first-order chi connectivity index (χ1) is 8.17. The van der Waals surface area contributed by atoms with E-state index in [1.807, 2.05) is 12.1 Å². The van der Waals surface area contributed by atoms with Crippen molar-refractivity contribution in [3.63, 3.8) is 0 Å². The van der Waals surface area contributed by atoms with Gasteiger partial charge in [0, 0.05) is 12.2 Å². The first-order valence-corrected chi connectivity index (χ1v) is 6.31. The highest BCUT2D eigenvalue weighted by Gasteiger charge is 2.02. The SMILES string of the molecule is CCCCNC(=O)Nc1ccc(CC)c(C)c1. The Labute approximate surface area is 104 Å². The van der Waals surface area contributed by atoms with Gasteiger partial charge < -0.3 is 10.6 Å². The van der Waals surface area contributed by atoms with E-state index in [9.17, 15) is 4.79 Å². The molecule has 3 heteroatoms. The number of unbranched alkanes of at least 4 members (excludes halogenated alkanes) is 1. The summed E-state index contributed by atoms with van der Waals surface area (Å²) in [5.74, 6) is 0. The normalized spacial score (nSPS) is 10.1. The monoisotopic (exact) mass is 234 g/mol. The lowest BCUT2D eigenvalue weighted by molar-refractivity contribution is 0.252. The van der Waals surface area contributed by atoms with Crippen LogP contribution in [0.1, 0.15) is 37.8 Å². The van der Waals surface area contributed by atoms with Crippen LogP contribution in [0, 0.1) is 6.92 Å². The third kappa shape index (κ3) is 4.47. The van der Waals surface area contributed by atoms with Gasteiger partial charge in [-0.2, -0.15) is 0 Å². The number of benzene rings is 1. The molecule has 1 rings (SSSR count). The molecule has 0 bridgehead atoms. The van der Waals surface area contributed by atoms with Gasteiger partial charge in [-0.05, 0) is 43.0 Å². The first kappa shape index (κ1) is 13.6. The van der Waals surface area contributed by atoms with Gasteiger partial charge in [-0.1, -0.05) is 26.3 Å². The average molecular weight is 234 g/mol. The molecule has 0 unspecified atom stereocenters. The van der Waals surface area contributed by atoms with E-state index >= 15 is 0 Å². The Kier molecular flexibility index (Phi) is 5.53. The fourth-order valence-corrected chi connectivity index (χ4v) is 1.72. The Bertz CT molecular complexity index is 374. The minimum Gasteiger partial charge on any atom is -0.338 e. The largest absolute Gasteiger partial charge is 0.338 e. The highest BCUT2D eigenvalue weighted by molar-refractivity contribution is 5.89. The first-order valence-electron chi connectivity index (χ1n) is 6.31. The molecule has 0 spiro atoms. The lowest BCUT2D eigenvalue weighted by Gasteiger charge is -2.09. The molecule has 1 aromatic carbocycles. The molecule has 2 N–H and O–H groups in total. The highest BCUT2D eigenvalue weighted by Crippen LogP contribution is 2.15. The van der Waals surface area contributed by atoms with Crippen molar-refractivity contribution in [1.29, 1.82) is 0 Å². The van der Waals surface area contributed by atoms with Gasteiger partial charge in [0.15, 0.2) is 0 Å². The van der Waals surface area contributed by atoms with Crippen LogP contribution in [0.5, 0.6) is 0 Å². The van der Waals surface area contributed by atoms with Gasteiger partial charge >= 0.3 is 6.03 Å². The standard InChI is InChI=1S/C14H22N2O/c1-4-6-9-15-14(17)16-13-8-7-12(5-2)11(3)10-13/h7-8,10H,4-6,9H2,1-3H3,(H2,15,16,17). The summed E-state index contributed by atoms with van der Waals surface area (Å²) in [6.07, 6.45) is 3.13. The molecule has 3 nitrogen and oxygen atoms in total. The number of nitrogens with one attached hydrogen (secondary N) is 2. The third-order valence-electron chi connectivity index (χ3n) is 2.80. The Hall–Kier alpha value is -1.51. The Morgan fingerprint density at radius 3 is 2.65 bits per heavy atom. The van der Waals surface area contributed by atoms with Crippen LogP contribution in [-0.4, -0.2) is 12.6 Å². The molecule has 0 fully saturated rings. The highest BCUT2D eigenvalue weighted by atomic mass is 16.2. The lowest BCUT2D eigenvalue weighted by Crippen LogP contribution is -2.29. The van der Waals surface area contributed by atoms with Gasteiger partial charge in [-0.25, -0.2) is 4.79 Å². The summed E-state index contributed by atoms with van der Waals surface area (Å²) in [7, 11) is 0. The quantitative estimate of drug-likeness (QED) is 0.752. The molecule has 0 saturated heterocycles. The van der Waals surface area contributed by atoms with Crippen molar-refractivity contribution in [2.45, 2.75) is 40.0 Å². The predicted octanol–water partition coefficient (Wildman–Crippen LogP) is 3.48. The molecule has 0 aliphatic carbocycles. The van der Waals surface area contributed by atoms with Crippen molar-refractivity contribution >= 4 is 11.7 Å². The predicted molar refractivity (Wildman–Crippen MR) is 72.5 cm³/mol. The molecule has 2 amide bonds. The molecule has 94 valence electrons. The van der Waals surface area contributed by atoms with Crippen LogP contribution in [-0.2, 0) is 6.42 Å².